The SMILES string of the molecule is CC(C)C(=O)C(=O)N(C)Cc1ccc(-c2noc(C(F)(F)F)n2)cc1. The molecule has 1 amide bonds. The minimum Gasteiger partial charge on any atom is -0.335 e. The number of ketones is 1. The Labute approximate surface area is 141 Å². The van der Waals surface area contributed by atoms with Gasteiger partial charge in [-0.2, -0.15) is 18.2 Å². The number of carbonyl (C=O) groups is 2. The van der Waals surface area contributed by atoms with Crippen LogP contribution < -0.4 is 0 Å². The van der Waals surface area contributed by atoms with Gasteiger partial charge in [0.15, 0.2) is 0 Å². The van der Waals surface area contributed by atoms with Gasteiger partial charge in [-0.05, 0) is 5.56 Å². The third-order valence-electron chi connectivity index (χ3n) is 3.38. The van der Waals surface area contributed by atoms with E-state index in [0.29, 0.717) is 11.1 Å². The predicted molar refractivity (Wildman–Crippen MR) is 81.1 cm³/mol. The second-order valence-corrected chi connectivity index (χ2v) is 5.80. The van der Waals surface area contributed by atoms with E-state index in [9.17, 15) is 22.8 Å². The topological polar surface area (TPSA) is 76.3 Å². The molecule has 0 unspecified atom stereocenters. The molecule has 0 N–H and O–H groups in total. The minimum absolute atomic E-state index is 0.182. The summed E-state index contributed by atoms with van der Waals surface area (Å²) in [4.78, 5) is 28.2. The summed E-state index contributed by atoms with van der Waals surface area (Å²) >= 11 is 0. The van der Waals surface area contributed by atoms with Gasteiger partial charge < -0.3 is 9.42 Å². The lowest BCUT2D eigenvalue weighted by Crippen LogP contribution is -2.35. The number of carbonyl (C=O) groups excluding carboxylic acids is 2. The number of aromatic nitrogens is 2. The molecule has 0 aliphatic carbocycles. The summed E-state index contributed by atoms with van der Waals surface area (Å²) in [6, 6.07) is 6.26. The van der Waals surface area contributed by atoms with Crippen LogP contribution in [0.2, 0.25) is 0 Å². The second kappa shape index (κ2) is 7.04. The molecular formula is C16H16F3N3O3. The highest BCUT2D eigenvalue weighted by Crippen LogP contribution is 2.29. The first kappa shape index (κ1) is 18.6. The van der Waals surface area contributed by atoms with Crippen LogP contribution in [0.4, 0.5) is 13.2 Å². The van der Waals surface area contributed by atoms with Crippen molar-refractivity contribution in [1.29, 1.82) is 0 Å². The van der Waals surface area contributed by atoms with E-state index in [1.807, 2.05) is 0 Å². The monoisotopic (exact) mass is 355 g/mol. The minimum atomic E-state index is -4.70. The molecule has 0 fully saturated rings. The van der Waals surface area contributed by atoms with Crippen LogP contribution in [0.15, 0.2) is 28.8 Å². The van der Waals surface area contributed by atoms with Crippen molar-refractivity contribution in [3.05, 3.63) is 35.7 Å². The quantitative estimate of drug-likeness (QED) is 0.771. The van der Waals surface area contributed by atoms with E-state index < -0.39 is 29.7 Å². The van der Waals surface area contributed by atoms with Gasteiger partial charge >= 0.3 is 12.1 Å². The number of benzene rings is 1. The van der Waals surface area contributed by atoms with Crippen LogP contribution in [0.3, 0.4) is 0 Å². The van der Waals surface area contributed by atoms with E-state index in [4.69, 9.17) is 0 Å². The summed E-state index contributed by atoms with van der Waals surface area (Å²) in [7, 11) is 1.51. The fourth-order valence-corrected chi connectivity index (χ4v) is 2.00. The Morgan fingerprint density at radius 1 is 1.20 bits per heavy atom. The van der Waals surface area contributed by atoms with Gasteiger partial charge in [-0.15, -0.1) is 0 Å². The molecule has 0 atom stereocenters. The molecule has 0 radical (unpaired) electrons. The Bertz CT molecular complexity index is 767. The van der Waals surface area contributed by atoms with E-state index in [1.165, 1.54) is 24.1 Å². The third-order valence-corrected chi connectivity index (χ3v) is 3.38. The second-order valence-electron chi connectivity index (χ2n) is 5.80. The van der Waals surface area contributed by atoms with E-state index in [0.717, 1.165) is 0 Å². The molecule has 0 aliphatic rings. The van der Waals surface area contributed by atoms with Crippen molar-refractivity contribution < 1.29 is 27.3 Å². The maximum absolute atomic E-state index is 12.5. The maximum Gasteiger partial charge on any atom is 0.471 e. The zero-order valence-corrected chi connectivity index (χ0v) is 13.8. The van der Waals surface area contributed by atoms with Crippen molar-refractivity contribution in [1.82, 2.24) is 15.0 Å². The summed E-state index contributed by atoms with van der Waals surface area (Å²) < 4.78 is 41.6. The summed E-state index contributed by atoms with van der Waals surface area (Å²) in [5, 5.41) is 3.30. The van der Waals surface area contributed by atoms with Crippen LogP contribution in [0, 0.1) is 5.92 Å². The van der Waals surface area contributed by atoms with E-state index >= 15 is 0 Å². The van der Waals surface area contributed by atoms with Crippen LogP contribution in [-0.4, -0.2) is 33.8 Å². The van der Waals surface area contributed by atoms with Crippen molar-refractivity contribution >= 4 is 11.7 Å². The fourth-order valence-electron chi connectivity index (χ4n) is 2.00. The van der Waals surface area contributed by atoms with Gasteiger partial charge in [0.25, 0.3) is 5.91 Å². The van der Waals surface area contributed by atoms with Crippen LogP contribution in [0.1, 0.15) is 25.3 Å². The van der Waals surface area contributed by atoms with Crippen LogP contribution >= 0.6 is 0 Å². The molecule has 6 nitrogen and oxygen atoms in total. The lowest BCUT2D eigenvalue weighted by atomic mass is 10.1. The number of rotatable bonds is 5. The van der Waals surface area contributed by atoms with Crippen molar-refractivity contribution in [2.45, 2.75) is 26.6 Å². The highest BCUT2D eigenvalue weighted by molar-refractivity contribution is 6.36. The zero-order valence-electron chi connectivity index (χ0n) is 13.8. The van der Waals surface area contributed by atoms with E-state index in [-0.39, 0.29) is 12.4 Å². The van der Waals surface area contributed by atoms with Gasteiger partial charge in [-0.1, -0.05) is 43.3 Å². The predicted octanol–water partition coefficient (Wildman–Crippen LogP) is 2.94. The zero-order chi connectivity index (χ0) is 18.8. The standard InChI is InChI=1S/C16H16F3N3O3/c1-9(2)12(23)14(24)22(3)8-10-4-6-11(7-5-10)13-20-15(25-21-13)16(17,18)19/h4-7,9H,8H2,1-3H3. The largest absolute Gasteiger partial charge is 0.471 e. The first-order chi connectivity index (χ1) is 11.6. The van der Waals surface area contributed by atoms with Gasteiger partial charge in [-0.3, -0.25) is 9.59 Å². The number of Topliss-reactive ketones (excluding diaryl/α,β-unsaturated/α-hetero) is 1. The summed E-state index contributed by atoms with van der Waals surface area (Å²) in [5.74, 6) is -3.06. The summed E-state index contributed by atoms with van der Waals surface area (Å²) in [5.41, 5.74) is 1.05. The average Bonchev–Trinajstić information content (AvgIpc) is 3.04. The molecule has 1 heterocycles. The molecule has 2 rings (SSSR count). The van der Waals surface area contributed by atoms with Crippen molar-refractivity contribution in [2.75, 3.05) is 7.05 Å². The molecular weight excluding hydrogens is 339 g/mol. The number of likely N-dealkylation sites (N-methyl/N-ethyl adjacent to an activating group) is 1. The number of amides is 1. The molecule has 25 heavy (non-hydrogen) atoms. The number of hydrogen-bond acceptors (Lipinski definition) is 5. The number of hydrogen-bond donors (Lipinski definition) is 0. The molecule has 0 aliphatic heterocycles. The Kier molecular flexibility index (Phi) is 5.24. The fraction of sp³-hybridized carbons (Fsp3) is 0.375. The van der Waals surface area contributed by atoms with E-state index in [1.54, 1.807) is 26.0 Å². The van der Waals surface area contributed by atoms with Crippen LogP contribution in [0.5, 0.6) is 0 Å². The lowest BCUT2D eigenvalue weighted by molar-refractivity contribution is -0.159. The van der Waals surface area contributed by atoms with E-state index in [2.05, 4.69) is 14.7 Å². The molecule has 1 aromatic carbocycles. The van der Waals surface area contributed by atoms with Gasteiger partial charge in [0.2, 0.25) is 11.6 Å². The Morgan fingerprint density at radius 2 is 1.80 bits per heavy atom. The van der Waals surface area contributed by atoms with Crippen molar-refractivity contribution in [2.24, 2.45) is 5.92 Å². The highest BCUT2D eigenvalue weighted by Gasteiger charge is 2.38. The molecule has 1 aromatic heterocycles. The Morgan fingerprint density at radius 3 is 2.28 bits per heavy atom. The molecule has 2 aromatic rings. The Hall–Kier alpha value is -2.71. The van der Waals surface area contributed by atoms with Gasteiger partial charge in [0, 0.05) is 25.1 Å². The first-order valence-electron chi connectivity index (χ1n) is 7.39. The molecule has 0 saturated heterocycles. The number of nitrogens with zero attached hydrogens (tertiary/aromatic N) is 3. The molecule has 0 saturated carbocycles. The summed E-state index contributed by atoms with van der Waals surface area (Å²) in [6.45, 7) is 3.48. The first-order valence-corrected chi connectivity index (χ1v) is 7.39. The van der Waals surface area contributed by atoms with Gasteiger partial charge in [-0.25, -0.2) is 0 Å². The van der Waals surface area contributed by atoms with Crippen LogP contribution in [-0.2, 0) is 22.3 Å². The van der Waals surface area contributed by atoms with Crippen molar-refractivity contribution in [3.8, 4) is 11.4 Å². The molecule has 0 spiro atoms. The average molecular weight is 355 g/mol. The smallest absolute Gasteiger partial charge is 0.335 e. The number of alkyl halides is 3. The molecule has 134 valence electrons. The summed E-state index contributed by atoms with van der Waals surface area (Å²) in [6.07, 6.45) is -4.70. The van der Waals surface area contributed by atoms with Crippen molar-refractivity contribution in [3.63, 3.8) is 0 Å². The number of halogens is 3. The lowest BCUT2D eigenvalue weighted by Gasteiger charge is -2.17. The Balaban J connectivity index is 2.08. The maximum atomic E-state index is 12.5. The molecule has 0 bridgehead atoms. The third kappa shape index (κ3) is 4.43. The molecule has 9 heteroatoms. The van der Waals surface area contributed by atoms with Gasteiger partial charge in [0.05, 0.1) is 0 Å². The normalized spacial score (nSPS) is 11.6. The highest BCUT2D eigenvalue weighted by atomic mass is 19.4. The van der Waals surface area contributed by atoms with Gasteiger partial charge in [0.1, 0.15) is 0 Å². The van der Waals surface area contributed by atoms with Crippen LogP contribution in [0.25, 0.3) is 11.4 Å².